The summed E-state index contributed by atoms with van der Waals surface area (Å²) < 4.78 is 0. The Bertz CT molecular complexity index is 989. The highest BCUT2D eigenvalue weighted by Crippen LogP contribution is 2.63. The van der Waals surface area contributed by atoms with Crippen LogP contribution in [-0.4, -0.2) is 23.0 Å². The lowest BCUT2D eigenvalue weighted by molar-refractivity contribution is -0.120. The Kier molecular flexibility index (Phi) is 12.5. The second-order valence-corrected chi connectivity index (χ2v) is 21.7. The zero-order valence-electron chi connectivity index (χ0n) is 33.9. The second kappa shape index (κ2) is 17.4. The molecule has 0 aromatic heterocycles. The monoisotopic (exact) mass is 700 g/mol. The topological polar surface area (TPSA) is 3.24 Å². The largest absolute Gasteiger partial charge is 0.294 e. The summed E-state index contributed by atoms with van der Waals surface area (Å²) in [5, 5.41) is 0. The maximum Gasteiger partial charge on any atom is 0.0104 e. The number of rotatable bonds is 7. The van der Waals surface area contributed by atoms with Crippen molar-refractivity contribution in [2.24, 2.45) is 71.0 Å². The quantitative estimate of drug-likeness (QED) is 0.256. The Hall–Kier alpha value is -0.0400. The van der Waals surface area contributed by atoms with Gasteiger partial charge in [0.1, 0.15) is 0 Å². The van der Waals surface area contributed by atoms with Gasteiger partial charge < -0.3 is 0 Å². The molecule has 1 heteroatoms. The molecule has 0 spiro atoms. The maximum absolute atomic E-state index is 3.31. The molecule has 9 aliphatic carbocycles. The molecule has 9 fully saturated rings. The lowest BCUT2D eigenvalue weighted by Crippen LogP contribution is -2.56. The van der Waals surface area contributed by atoms with Crippen LogP contribution in [0.5, 0.6) is 0 Å². The normalized spacial score (nSPS) is 45.6. The number of hydrogen-bond donors (Lipinski definition) is 0. The summed E-state index contributed by atoms with van der Waals surface area (Å²) in [6.07, 6.45) is 55.1. The first kappa shape index (κ1) is 36.6. The highest BCUT2D eigenvalue weighted by molar-refractivity contribution is 5.05. The Morgan fingerprint density at radius 3 is 0.980 bits per heavy atom. The van der Waals surface area contributed by atoms with Crippen LogP contribution >= 0.6 is 0 Å². The summed E-state index contributed by atoms with van der Waals surface area (Å²) in [4.78, 5) is 3.31. The van der Waals surface area contributed by atoms with Gasteiger partial charge in [-0.05, 0) is 187 Å². The molecule has 0 radical (unpaired) electrons. The summed E-state index contributed by atoms with van der Waals surface area (Å²) in [6.45, 7) is 0. The van der Waals surface area contributed by atoms with Crippen LogP contribution in [0.3, 0.4) is 0 Å². The SMILES string of the molecule is C1CCC(C2CCC(C3CCC(C4C5CCCCC5C(C5CCCC(N(C6CCCCC6)C6CCCCC6)C5)C5CCCCC54)CC3)CC2)CC1. The summed E-state index contributed by atoms with van der Waals surface area (Å²) in [5.41, 5.74) is 0. The third kappa shape index (κ3) is 7.99. The molecule has 6 unspecified atom stereocenters. The van der Waals surface area contributed by atoms with Crippen molar-refractivity contribution in [1.29, 1.82) is 0 Å². The molecule has 290 valence electrons. The molecule has 9 rings (SSSR count). The molecule has 9 saturated carbocycles. The van der Waals surface area contributed by atoms with Crippen LogP contribution in [0.15, 0.2) is 0 Å². The van der Waals surface area contributed by atoms with Crippen molar-refractivity contribution >= 4 is 0 Å². The fourth-order valence-corrected chi connectivity index (χ4v) is 17.5. The van der Waals surface area contributed by atoms with Gasteiger partial charge in [-0.1, -0.05) is 109 Å². The molecule has 0 aromatic rings. The average Bonchev–Trinajstić information content (AvgIpc) is 3.21. The van der Waals surface area contributed by atoms with Crippen LogP contribution in [0.4, 0.5) is 0 Å². The van der Waals surface area contributed by atoms with Crippen LogP contribution in [0.1, 0.15) is 225 Å². The van der Waals surface area contributed by atoms with Crippen molar-refractivity contribution in [3.8, 4) is 0 Å². The van der Waals surface area contributed by atoms with Crippen LogP contribution in [0.25, 0.3) is 0 Å². The smallest absolute Gasteiger partial charge is 0.0104 e. The lowest BCUT2D eigenvalue weighted by atomic mass is 9.45. The second-order valence-electron chi connectivity index (χ2n) is 21.7. The number of hydrogen-bond acceptors (Lipinski definition) is 1. The van der Waals surface area contributed by atoms with E-state index >= 15 is 0 Å². The minimum Gasteiger partial charge on any atom is -0.294 e. The fraction of sp³-hybridized carbons (Fsp3) is 1.00. The highest BCUT2D eigenvalue weighted by Gasteiger charge is 2.55. The first-order valence-corrected chi connectivity index (χ1v) is 25.1. The Morgan fingerprint density at radius 1 is 0.216 bits per heavy atom. The third-order valence-electron chi connectivity index (χ3n) is 19.5. The van der Waals surface area contributed by atoms with Gasteiger partial charge in [0.05, 0.1) is 0 Å². The van der Waals surface area contributed by atoms with Gasteiger partial charge in [0, 0.05) is 18.1 Å². The van der Waals surface area contributed by atoms with Gasteiger partial charge >= 0.3 is 0 Å². The van der Waals surface area contributed by atoms with Crippen LogP contribution in [0, 0.1) is 71.0 Å². The van der Waals surface area contributed by atoms with E-state index in [1.807, 2.05) is 0 Å². The Morgan fingerprint density at radius 2 is 0.529 bits per heavy atom. The fourth-order valence-electron chi connectivity index (χ4n) is 17.5. The van der Waals surface area contributed by atoms with Gasteiger partial charge in [0.2, 0.25) is 0 Å². The molecule has 0 N–H and O–H groups in total. The van der Waals surface area contributed by atoms with E-state index in [1.165, 1.54) is 70.6 Å². The van der Waals surface area contributed by atoms with Crippen molar-refractivity contribution in [3.05, 3.63) is 0 Å². The number of nitrogens with zero attached hydrogens (tertiary/aromatic N) is 1. The molecule has 9 aliphatic rings. The molecule has 51 heavy (non-hydrogen) atoms. The van der Waals surface area contributed by atoms with Crippen LogP contribution in [-0.2, 0) is 0 Å². The molecule has 6 atom stereocenters. The maximum atomic E-state index is 3.31. The predicted molar refractivity (Wildman–Crippen MR) is 217 cm³/mol. The third-order valence-corrected chi connectivity index (χ3v) is 19.5. The summed E-state index contributed by atoms with van der Waals surface area (Å²) in [7, 11) is 0. The van der Waals surface area contributed by atoms with Gasteiger partial charge in [0.15, 0.2) is 0 Å². The van der Waals surface area contributed by atoms with E-state index in [1.54, 1.807) is 154 Å². The Balaban J connectivity index is 0.878. The van der Waals surface area contributed by atoms with E-state index in [4.69, 9.17) is 0 Å². The van der Waals surface area contributed by atoms with Gasteiger partial charge in [0.25, 0.3) is 0 Å². The highest BCUT2D eigenvalue weighted by atomic mass is 15.2. The van der Waals surface area contributed by atoms with Crippen molar-refractivity contribution < 1.29 is 0 Å². The molecule has 1 nitrogen and oxygen atoms in total. The van der Waals surface area contributed by atoms with E-state index in [-0.39, 0.29) is 0 Å². The standard InChI is InChI=1S/C50H85N/c1-4-15-36(16-5-1)37-27-29-38(30-28-37)39-31-33-40(34-32-39)49-45-23-10-12-25-47(45)50(48-26-13-11-24-46(48)49)41-17-14-22-44(35-41)51(42-18-6-2-7-19-42)43-20-8-3-9-21-43/h36-50H,1-35H2. The van der Waals surface area contributed by atoms with E-state index in [0.29, 0.717) is 0 Å². The van der Waals surface area contributed by atoms with Gasteiger partial charge in [-0.2, -0.15) is 0 Å². The van der Waals surface area contributed by atoms with Crippen LogP contribution < -0.4 is 0 Å². The Labute approximate surface area is 317 Å². The van der Waals surface area contributed by atoms with E-state index in [9.17, 15) is 0 Å². The average molecular weight is 700 g/mol. The van der Waals surface area contributed by atoms with Gasteiger partial charge in [-0.15, -0.1) is 0 Å². The zero-order valence-corrected chi connectivity index (χ0v) is 33.9. The first-order valence-electron chi connectivity index (χ1n) is 25.1. The van der Waals surface area contributed by atoms with Crippen molar-refractivity contribution in [1.82, 2.24) is 4.90 Å². The summed E-state index contributed by atoms with van der Waals surface area (Å²) >= 11 is 0. The van der Waals surface area contributed by atoms with Gasteiger partial charge in [-0.25, -0.2) is 0 Å². The van der Waals surface area contributed by atoms with E-state index in [0.717, 1.165) is 89.1 Å². The summed E-state index contributed by atoms with van der Waals surface area (Å²) in [5.74, 6) is 13.3. The van der Waals surface area contributed by atoms with E-state index in [2.05, 4.69) is 4.90 Å². The summed E-state index contributed by atoms with van der Waals surface area (Å²) in [6, 6.07) is 2.81. The molecule has 0 aromatic carbocycles. The minimum atomic E-state index is 0.935. The van der Waals surface area contributed by atoms with Crippen molar-refractivity contribution in [2.45, 2.75) is 243 Å². The van der Waals surface area contributed by atoms with E-state index < -0.39 is 0 Å². The predicted octanol–water partition coefficient (Wildman–Crippen LogP) is 14.6. The van der Waals surface area contributed by atoms with Crippen molar-refractivity contribution in [3.63, 3.8) is 0 Å². The first-order chi connectivity index (χ1) is 25.3. The van der Waals surface area contributed by atoms with Crippen molar-refractivity contribution in [2.75, 3.05) is 0 Å². The molecule has 0 saturated heterocycles. The molecular formula is C50H85N. The molecule has 0 aliphatic heterocycles. The molecular weight excluding hydrogens is 615 g/mol. The number of fused-ring (bicyclic) bond motifs is 2. The van der Waals surface area contributed by atoms with Crippen LogP contribution in [0.2, 0.25) is 0 Å². The molecule has 0 bridgehead atoms. The lowest BCUT2D eigenvalue weighted by Gasteiger charge is -2.61. The molecule has 0 amide bonds. The zero-order chi connectivity index (χ0) is 34.0. The van der Waals surface area contributed by atoms with Gasteiger partial charge in [-0.3, -0.25) is 4.90 Å². The minimum absolute atomic E-state index is 0.935. The molecule has 0 heterocycles.